The fraction of sp³-hybridized carbons (Fsp3) is 0.188. The van der Waals surface area contributed by atoms with Gasteiger partial charge in [0.15, 0.2) is 11.5 Å². The number of hydrogen-bond donors (Lipinski definition) is 0. The molecule has 0 amide bonds. The third-order valence-electron chi connectivity index (χ3n) is 3.86. The molecule has 27 heavy (non-hydrogen) atoms. The van der Waals surface area contributed by atoms with Crippen molar-refractivity contribution in [2.24, 2.45) is 14.1 Å². The summed E-state index contributed by atoms with van der Waals surface area (Å²) in [6.07, 6.45) is 0. The van der Waals surface area contributed by atoms with Crippen LogP contribution in [0.1, 0.15) is 0 Å². The summed E-state index contributed by atoms with van der Waals surface area (Å²) < 4.78 is 2.14. The summed E-state index contributed by atoms with van der Waals surface area (Å²) in [5.41, 5.74) is -0.815. The lowest BCUT2D eigenvalue weighted by atomic mass is 10.2. The van der Waals surface area contributed by atoms with Crippen LogP contribution in [0.3, 0.4) is 0 Å². The first-order valence-electron chi connectivity index (χ1n) is 7.57. The molecule has 0 aliphatic heterocycles. The molecule has 2 aromatic heterocycles. The van der Waals surface area contributed by atoms with Gasteiger partial charge in [0, 0.05) is 31.8 Å². The second kappa shape index (κ2) is 7.00. The molecule has 0 unspecified atom stereocenters. The molecule has 1 aromatic carbocycles. The van der Waals surface area contributed by atoms with E-state index in [0.717, 1.165) is 16.3 Å². The van der Waals surface area contributed by atoms with Crippen molar-refractivity contribution in [3.8, 4) is 17.5 Å². The van der Waals surface area contributed by atoms with Gasteiger partial charge in [0.05, 0.1) is 16.7 Å². The van der Waals surface area contributed by atoms with Crippen molar-refractivity contribution in [3.05, 3.63) is 55.2 Å². The number of nitriles is 1. The zero-order chi connectivity index (χ0) is 19.7. The second-order valence-corrected chi connectivity index (χ2v) is 6.48. The van der Waals surface area contributed by atoms with Crippen LogP contribution in [-0.2, 0) is 14.1 Å². The first-order chi connectivity index (χ1) is 12.8. The number of thioether (sulfide) groups is 1. The number of nitro groups is 1. The van der Waals surface area contributed by atoms with Crippen molar-refractivity contribution < 1.29 is 4.92 Å². The summed E-state index contributed by atoms with van der Waals surface area (Å²) in [6, 6.07) is 7.68. The molecule has 0 radical (unpaired) electrons. The molecule has 0 N–H and O–H groups in total. The Hall–Kier alpha value is -3.52. The van der Waals surface area contributed by atoms with Crippen molar-refractivity contribution in [3.63, 3.8) is 0 Å². The molecule has 0 atom stereocenters. The summed E-state index contributed by atoms with van der Waals surface area (Å²) in [5.74, 6) is 0.154. The number of nitro benzene ring substituents is 1. The smallest absolute Gasteiger partial charge is 0.280 e. The van der Waals surface area contributed by atoms with Gasteiger partial charge in [-0.1, -0.05) is 23.9 Å². The molecule has 3 aromatic rings. The number of aromatic nitrogens is 4. The Bertz CT molecular complexity index is 1240. The maximum atomic E-state index is 12.6. The van der Waals surface area contributed by atoms with Crippen molar-refractivity contribution in [1.82, 2.24) is 19.1 Å². The van der Waals surface area contributed by atoms with E-state index in [0.29, 0.717) is 5.56 Å². The fourth-order valence-corrected chi connectivity index (χ4v) is 3.20. The van der Waals surface area contributed by atoms with Crippen LogP contribution in [0, 0.1) is 21.4 Å². The number of nitrogens with zero attached hydrogens (tertiary/aromatic N) is 6. The summed E-state index contributed by atoms with van der Waals surface area (Å²) in [4.78, 5) is 43.9. The van der Waals surface area contributed by atoms with Crippen molar-refractivity contribution in [1.29, 1.82) is 5.26 Å². The molecule has 3 rings (SSSR count). The van der Waals surface area contributed by atoms with Gasteiger partial charge < -0.3 is 0 Å². The molecule has 0 fully saturated rings. The molecule has 11 heteroatoms. The summed E-state index contributed by atoms with van der Waals surface area (Å²) in [7, 11) is 2.81. The van der Waals surface area contributed by atoms with Crippen LogP contribution in [0.5, 0.6) is 0 Å². The van der Waals surface area contributed by atoms with E-state index < -0.39 is 16.2 Å². The van der Waals surface area contributed by atoms with E-state index in [2.05, 4.69) is 9.97 Å². The first kappa shape index (κ1) is 18.3. The van der Waals surface area contributed by atoms with Gasteiger partial charge in [0.2, 0.25) is 0 Å². The SMILES string of the molecule is Cn1c(=O)c2c(SCC#N)nc(-c3cccc([N+](=O)[O-])c3)nc2n(C)c1=O. The number of fused-ring (bicyclic) bond motifs is 1. The van der Waals surface area contributed by atoms with Gasteiger partial charge in [0.1, 0.15) is 10.4 Å². The zero-order valence-corrected chi connectivity index (χ0v) is 15.1. The molecule has 2 heterocycles. The van der Waals surface area contributed by atoms with E-state index in [1.165, 1.54) is 36.9 Å². The highest BCUT2D eigenvalue weighted by Gasteiger charge is 2.19. The third kappa shape index (κ3) is 3.18. The average Bonchev–Trinajstić information content (AvgIpc) is 2.68. The largest absolute Gasteiger partial charge is 0.332 e. The molecule has 0 spiro atoms. The second-order valence-electron chi connectivity index (χ2n) is 5.51. The highest BCUT2D eigenvalue weighted by molar-refractivity contribution is 7.99. The molecule has 0 aliphatic carbocycles. The number of hydrogen-bond acceptors (Lipinski definition) is 8. The monoisotopic (exact) mass is 384 g/mol. The third-order valence-corrected chi connectivity index (χ3v) is 4.70. The number of non-ortho nitro benzene ring substituents is 1. The van der Waals surface area contributed by atoms with Crippen LogP contribution in [0.2, 0.25) is 0 Å². The van der Waals surface area contributed by atoms with Crippen LogP contribution < -0.4 is 11.2 Å². The Morgan fingerprint density at radius 2 is 2.00 bits per heavy atom. The highest BCUT2D eigenvalue weighted by Crippen LogP contribution is 2.27. The van der Waals surface area contributed by atoms with Crippen LogP contribution in [-0.4, -0.2) is 29.8 Å². The van der Waals surface area contributed by atoms with Gasteiger partial charge in [-0.3, -0.25) is 24.0 Å². The van der Waals surface area contributed by atoms with Crippen molar-refractivity contribution >= 4 is 28.5 Å². The Kier molecular flexibility index (Phi) is 4.74. The highest BCUT2D eigenvalue weighted by atomic mass is 32.2. The van der Waals surface area contributed by atoms with E-state index in [9.17, 15) is 19.7 Å². The minimum atomic E-state index is -0.570. The average molecular weight is 384 g/mol. The van der Waals surface area contributed by atoms with E-state index in [1.807, 2.05) is 6.07 Å². The predicted molar refractivity (Wildman–Crippen MR) is 98.4 cm³/mol. The molecule has 0 aliphatic rings. The molecule has 136 valence electrons. The van der Waals surface area contributed by atoms with Gasteiger partial charge in [-0.15, -0.1) is 0 Å². The summed E-state index contributed by atoms with van der Waals surface area (Å²) >= 11 is 1.03. The molecular formula is C16H12N6O4S. The van der Waals surface area contributed by atoms with Gasteiger partial charge in [-0.25, -0.2) is 14.8 Å². The maximum absolute atomic E-state index is 12.6. The van der Waals surface area contributed by atoms with Gasteiger partial charge in [-0.05, 0) is 0 Å². The van der Waals surface area contributed by atoms with Crippen molar-refractivity contribution in [2.75, 3.05) is 5.75 Å². The van der Waals surface area contributed by atoms with Crippen LogP contribution >= 0.6 is 11.8 Å². The predicted octanol–water partition coefficient (Wildman–Crippen LogP) is 1.22. The Morgan fingerprint density at radius 3 is 2.67 bits per heavy atom. The molecule has 10 nitrogen and oxygen atoms in total. The van der Waals surface area contributed by atoms with E-state index in [4.69, 9.17) is 5.26 Å². The number of rotatable bonds is 4. The van der Waals surface area contributed by atoms with E-state index >= 15 is 0 Å². The quantitative estimate of drug-likeness (QED) is 0.283. The normalized spacial score (nSPS) is 10.7. The maximum Gasteiger partial charge on any atom is 0.332 e. The summed E-state index contributed by atoms with van der Waals surface area (Å²) in [6.45, 7) is 0. The fourth-order valence-electron chi connectivity index (χ4n) is 2.52. The van der Waals surface area contributed by atoms with E-state index in [1.54, 1.807) is 6.07 Å². The molecule has 0 bridgehead atoms. The molecule has 0 saturated heterocycles. The van der Waals surface area contributed by atoms with Gasteiger partial charge >= 0.3 is 5.69 Å². The molecular weight excluding hydrogens is 372 g/mol. The van der Waals surface area contributed by atoms with E-state index in [-0.39, 0.29) is 33.3 Å². The minimum absolute atomic E-state index is 0.0342. The zero-order valence-electron chi connectivity index (χ0n) is 14.2. The van der Waals surface area contributed by atoms with Crippen molar-refractivity contribution in [2.45, 2.75) is 5.03 Å². The first-order valence-corrected chi connectivity index (χ1v) is 8.56. The van der Waals surface area contributed by atoms with Crippen LogP contribution in [0.4, 0.5) is 5.69 Å². The standard InChI is InChI=1S/C16H12N6O4S/c1-20-13-11(15(23)21(2)16(20)24)14(27-7-6-17)19-12(18-13)9-4-3-5-10(8-9)22(25)26/h3-5,8H,7H2,1-2H3. The van der Waals surface area contributed by atoms with Crippen LogP contribution in [0.25, 0.3) is 22.4 Å². The number of benzene rings is 1. The van der Waals surface area contributed by atoms with Crippen LogP contribution in [0.15, 0.2) is 38.9 Å². The Labute approximate surface area is 155 Å². The van der Waals surface area contributed by atoms with Gasteiger partial charge in [0.25, 0.3) is 11.2 Å². The number of aryl methyl sites for hydroxylation is 1. The lowest BCUT2D eigenvalue weighted by Crippen LogP contribution is -2.37. The molecule has 0 saturated carbocycles. The topological polar surface area (TPSA) is 137 Å². The summed E-state index contributed by atoms with van der Waals surface area (Å²) in [5, 5.41) is 20.3. The minimum Gasteiger partial charge on any atom is -0.280 e. The lowest BCUT2D eigenvalue weighted by Gasteiger charge is -2.11. The Balaban J connectivity index is 2.38. The lowest BCUT2D eigenvalue weighted by molar-refractivity contribution is -0.384. The Morgan fingerprint density at radius 1 is 1.26 bits per heavy atom. The van der Waals surface area contributed by atoms with Gasteiger partial charge in [-0.2, -0.15) is 5.26 Å².